The van der Waals surface area contributed by atoms with Gasteiger partial charge < -0.3 is 9.47 Å². The second kappa shape index (κ2) is 4.46. The van der Waals surface area contributed by atoms with Gasteiger partial charge in [-0.3, -0.25) is 4.79 Å². The van der Waals surface area contributed by atoms with Crippen molar-refractivity contribution >= 4 is 5.97 Å². The van der Waals surface area contributed by atoms with Gasteiger partial charge in [0.1, 0.15) is 6.10 Å². The first kappa shape index (κ1) is 13.1. The maximum absolute atomic E-state index is 12.3. The lowest BCUT2D eigenvalue weighted by Crippen LogP contribution is -2.61. The maximum Gasteiger partial charge on any atom is 0.306 e. The van der Waals surface area contributed by atoms with Crippen LogP contribution >= 0.6 is 0 Å². The summed E-state index contributed by atoms with van der Waals surface area (Å²) in [5, 5.41) is 0. The van der Waals surface area contributed by atoms with E-state index in [9.17, 15) is 4.79 Å². The molecule has 0 aromatic carbocycles. The molecule has 0 amide bonds. The maximum atomic E-state index is 12.3. The van der Waals surface area contributed by atoms with Crippen molar-refractivity contribution in [2.45, 2.75) is 64.6 Å². The molecular formula is C17H26O3. The SMILES string of the molecule is CC1(C)[C@@H]2OCC[C@@H]2[C@@H]1OC(=O)C[C@@H]1C[C@H]2CC[C@H]1C2. The summed E-state index contributed by atoms with van der Waals surface area (Å²) in [7, 11) is 0. The first-order valence-electron chi connectivity index (χ1n) is 8.37. The van der Waals surface area contributed by atoms with Crippen LogP contribution in [0.2, 0.25) is 0 Å². The molecule has 1 aliphatic heterocycles. The van der Waals surface area contributed by atoms with Crippen molar-refractivity contribution in [2.24, 2.45) is 29.1 Å². The fourth-order valence-electron chi connectivity index (χ4n) is 5.55. The Labute approximate surface area is 121 Å². The van der Waals surface area contributed by atoms with Gasteiger partial charge in [-0.05, 0) is 43.4 Å². The van der Waals surface area contributed by atoms with Gasteiger partial charge >= 0.3 is 5.97 Å². The molecule has 4 rings (SSSR count). The number of carbonyl (C=O) groups excluding carboxylic acids is 1. The molecule has 112 valence electrons. The van der Waals surface area contributed by atoms with Crippen molar-refractivity contribution in [1.29, 1.82) is 0 Å². The van der Waals surface area contributed by atoms with Gasteiger partial charge in [0.05, 0.1) is 6.10 Å². The van der Waals surface area contributed by atoms with Gasteiger partial charge in [-0.1, -0.05) is 20.3 Å². The summed E-state index contributed by atoms with van der Waals surface area (Å²) in [5.41, 5.74) is 0.00546. The zero-order valence-corrected chi connectivity index (χ0v) is 12.6. The molecular weight excluding hydrogens is 252 g/mol. The zero-order valence-electron chi connectivity index (χ0n) is 12.6. The second-order valence-electron chi connectivity index (χ2n) is 8.11. The topological polar surface area (TPSA) is 35.5 Å². The van der Waals surface area contributed by atoms with Crippen LogP contribution in [0, 0.1) is 29.1 Å². The van der Waals surface area contributed by atoms with E-state index in [0.29, 0.717) is 24.4 Å². The average Bonchev–Trinajstić information content (AvgIpc) is 3.11. The Morgan fingerprint density at radius 2 is 2.10 bits per heavy atom. The van der Waals surface area contributed by atoms with E-state index < -0.39 is 0 Å². The standard InChI is InChI=1S/C17H26O3/c1-17(2)15-13(5-6-19-15)16(17)20-14(18)9-12-8-10-3-4-11(12)7-10/h10-13,15-16H,3-9H2,1-2H3/t10-,11-,12-,13-,15+,16-/m0/s1. The summed E-state index contributed by atoms with van der Waals surface area (Å²) in [6, 6.07) is 0. The molecule has 0 unspecified atom stereocenters. The molecule has 20 heavy (non-hydrogen) atoms. The highest BCUT2D eigenvalue weighted by Crippen LogP contribution is 2.54. The Bertz CT molecular complexity index is 416. The van der Waals surface area contributed by atoms with Gasteiger partial charge in [-0.2, -0.15) is 0 Å². The molecule has 0 aromatic rings. The molecule has 0 N–H and O–H groups in total. The van der Waals surface area contributed by atoms with Crippen molar-refractivity contribution in [3.05, 3.63) is 0 Å². The third-order valence-corrected chi connectivity index (χ3v) is 6.56. The highest BCUT2D eigenvalue weighted by Gasteiger charge is 2.61. The third kappa shape index (κ3) is 1.85. The average molecular weight is 278 g/mol. The Hall–Kier alpha value is -0.570. The lowest BCUT2D eigenvalue weighted by Gasteiger charge is -2.53. The Balaban J connectivity index is 1.34. The van der Waals surface area contributed by atoms with Gasteiger partial charge in [0, 0.05) is 24.4 Å². The van der Waals surface area contributed by atoms with Crippen LogP contribution in [0.5, 0.6) is 0 Å². The Morgan fingerprint density at radius 1 is 1.25 bits per heavy atom. The van der Waals surface area contributed by atoms with Crippen LogP contribution in [0.1, 0.15) is 52.4 Å². The van der Waals surface area contributed by atoms with Gasteiger partial charge in [-0.25, -0.2) is 0 Å². The fourth-order valence-corrected chi connectivity index (χ4v) is 5.55. The number of esters is 1. The van der Waals surface area contributed by atoms with Crippen LogP contribution in [0.3, 0.4) is 0 Å². The highest BCUT2D eigenvalue weighted by molar-refractivity contribution is 5.70. The molecule has 3 heteroatoms. The summed E-state index contributed by atoms with van der Waals surface area (Å²) >= 11 is 0. The first-order valence-corrected chi connectivity index (χ1v) is 8.37. The smallest absolute Gasteiger partial charge is 0.306 e. The number of fused-ring (bicyclic) bond motifs is 3. The molecule has 3 saturated carbocycles. The number of hydrogen-bond donors (Lipinski definition) is 0. The summed E-state index contributed by atoms with van der Waals surface area (Å²) in [4.78, 5) is 12.3. The van der Waals surface area contributed by atoms with E-state index in [2.05, 4.69) is 13.8 Å². The van der Waals surface area contributed by atoms with Gasteiger partial charge in [0.15, 0.2) is 0 Å². The van der Waals surface area contributed by atoms with Gasteiger partial charge in [0.2, 0.25) is 0 Å². The molecule has 0 aromatic heterocycles. The lowest BCUT2D eigenvalue weighted by molar-refractivity contribution is -0.210. The van der Waals surface area contributed by atoms with Crippen LogP contribution in [-0.2, 0) is 14.3 Å². The predicted molar refractivity (Wildman–Crippen MR) is 75.1 cm³/mol. The lowest BCUT2D eigenvalue weighted by atomic mass is 9.59. The molecule has 3 nitrogen and oxygen atoms in total. The number of hydrogen-bond acceptors (Lipinski definition) is 3. The van der Waals surface area contributed by atoms with E-state index >= 15 is 0 Å². The minimum atomic E-state index is 0.00546. The molecule has 2 bridgehead atoms. The highest BCUT2D eigenvalue weighted by atomic mass is 16.6. The Kier molecular flexibility index (Phi) is 2.93. The van der Waals surface area contributed by atoms with Crippen molar-refractivity contribution in [2.75, 3.05) is 6.61 Å². The molecule has 0 radical (unpaired) electrons. The summed E-state index contributed by atoms with van der Waals surface area (Å²) in [6.07, 6.45) is 7.48. The summed E-state index contributed by atoms with van der Waals surface area (Å²) < 4.78 is 11.6. The van der Waals surface area contributed by atoms with Gasteiger partial charge in [0.25, 0.3) is 0 Å². The number of ether oxygens (including phenoxy) is 2. The fraction of sp³-hybridized carbons (Fsp3) is 0.941. The number of carbonyl (C=O) groups is 1. The molecule has 3 aliphatic carbocycles. The molecule has 4 fully saturated rings. The second-order valence-corrected chi connectivity index (χ2v) is 8.11. The van der Waals surface area contributed by atoms with Crippen LogP contribution in [0.15, 0.2) is 0 Å². The van der Waals surface area contributed by atoms with Crippen LogP contribution in [0.4, 0.5) is 0 Å². The van der Waals surface area contributed by atoms with E-state index in [0.717, 1.165) is 24.9 Å². The number of rotatable bonds is 3. The van der Waals surface area contributed by atoms with E-state index in [1.54, 1.807) is 0 Å². The monoisotopic (exact) mass is 278 g/mol. The van der Waals surface area contributed by atoms with Crippen molar-refractivity contribution in [3.63, 3.8) is 0 Å². The quantitative estimate of drug-likeness (QED) is 0.744. The normalized spacial score (nSPS) is 47.9. The van der Waals surface area contributed by atoms with Crippen LogP contribution in [-0.4, -0.2) is 24.8 Å². The Morgan fingerprint density at radius 3 is 2.80 bits per heavy atom. The van der Waals surface area contributed by atoms with E-state index in [-0.39, 0.29) is 17.5 Å². The van der Waals surface area contributed by atoms with E-state index in [4.69, 9.17) is 9.47 Å². The van der Waals surface area contributed by atoms with Crippen molar-refractivity contribution < 1.29 is 14.3 Å². The van der Waals surface area contributed by atoms with E-state index in [1.165, 1.54) is 25.7 Å². The minimum Gasteiger partial charge on any atom is -0.461 e. The summed E-state index contributed by atoms with van der Waals surface area (Å²) in [5.74, 6) is 2.83. The molecule has 4 aliphatic rings. The van der Waals surface area contributed by atoms with Crippen molar-refractivity contribution in [1.82, 2.24) is 0 Å². The molecule has 6 atom stereocenters. The first-order chi connectivity index (χ1) is 9.55. The van der Waals surface area contributed by atoms with Gasteiger partial charge in [-0.15, -0.1) is 0 Å². The van der Waals surface area contributed by atoms with Crippen molar-refractivity contribution in [3.8, 4) is 0 Å². The third-order valence-electron chi connectivity index (χ3n) is 6.56. The zero-order chi connectivity index (χ0) is 13.9. The predicted octanol–water partition coefficient (Wildman–Crippen LogP) is 3.17. The van der Waals surface area contributed by atoms with Crippen LogP contribution in [0.25, 0.3) is 0 Å². The van der Waals surface area contributed by atoms with Crippen LogP contribution < -0.4 is 0 Å². The van der Waals surface area contributed by atoms with E-state index in [1.807, 2.05) is 0 Å². The molecule has 0 spiro atoms. The summed E-state index contributed by atoms with van der Waals surface area (Å²) in [6.45, 7) is 5.18. The molecule has 1 saturated heterocycles. The largest absolute Gasteiger partial charge is 0.461 e. The minimum absolute atomic E-state index is 0.00546. The molecule has 1 heterocycles.